The maximum Gasteiger partial charge on any atom is 0.231 e. The van der Waals surface area contributed by atoms with E-state index in [2.05, 4.69) is 9.97 Å². The first kappa shape index (κ1) is 12.0. The van der Waals surface area contributed by atoms with Gasteiger partial charge in [0.05, 0.1) is 5.69 Å². The minimum Gasteiger partial charge on any atom is -0.454 e. The zero-order chi connectivity index (χ0) is 13.4. The maximum atomic E-state index is 5.65. The van der Waals surface area contributed by atoms with Crippen LogP contribution in [0.3, 0.4) is 0 Å². The molecule has 2 aromatic rings. The van der Waals surface area contributed by atoms with Crippen molar-refractivity contribution in [1.29, 1.82) is 0 Å². The van der Waals surface area contributed by atoms with Crippen molar-refractivity contribution in [2.45, 2.75) is 20.3 Å². The summed E-state index contributed by atoms with van der Waals surface area (Å²) in [4.78, 5) is 7.85. The molecule has 2 heterocycles. The molecule has 0 unspecified atom stereocenters. The van der Waals surface area contributed by atoms with Gasteiger partial charge in [0.15, 0.2) is 11.5 Å². The van der Waals surface area contributed by atoms with Crippen LogP contribution in [0.2, 0.25) is 0 Å². The topological polar surface area (TPSA) is 73.2 Å². The number of fused-ring (bicyclic) bond motifs is 1. The average molecular weight is 259 g/mol. The van der Waals surface area contributed by atoms with E-state index in [4.69, 9.17) is 15.2 Å². The van der Waals surface area contributed by atoms with Crippen molar-refractivity contribution in [3.05, 3.63) is 29.2 Å². The zero-order valence-corrected chi connectivity index (χ0v) is 11.1. The van der Waals surface area contributed by atoms with Crippen LogP contribution in [0.1, 0.15) is 17.1 Å². The number of H-pyrrole nitrogens is 1. The summed E-state index contributed by atoms with van der Waals surface area (Å²) in [6.45, 7) is 4.88. The molecule has 0 aliphatic carbocycles. The summed E-state index contributed by atoms with van der Waals surface area (Å²) in [5.74, 6) is 2.48. The number of nitrogens with one attached hydrogen (secondary N) is 1. The highest BCUT2D eigenvalue weighted by molar-refractivity contribution is 5.70. The van der Waals surface area contributed by atoms with Crippen molar-refractivity contribution in [1.82, 2.24) is 9.97 Å². The Morgan fingerprint density at radius 1 is 1.26 bits per heavy atom. The van der Waals surface area contributed by atoms with E-state index in [-0.39, 0.29) is 6.79 Å². The van der Waals surface area contributed by atoms with Crippen LogP contribution in [0, 0.1) is 13.8 Å². The second kappa shape index (κ2) is 4.59. The molecule has 1 aromatic carbocycles. The molecule has 100 valence electrons. The summed E-state index contributed by atoms with van der Waals surface area (Å²) in [6, 6.07) is 3.99. The summed E-state index contributed by atoms with van der Waals surface area (Å²) >= 11 is 0. The van der Waals surface area contributed by atoms with Gasteiger partial charge in [0, 0.05) is 17.7 Å². The summed E-state index contributed by atoms with van der Waals surface area (Å²) < 4.78 is 10.8. The van der Waals surface area contributed by atoms with Crippen molar-refractivity contribution in [3.63, 3.8) is 0 Å². The number of aromatic nitrogens is 2. The van der Waals surface area contributed by atoms with E-state index in [1.165, 1.54) is 0 Å². The van der Waals surface area contributed by atoms with Gasteiger partial charge in [-0.05, 0) is 38.1 Å². The molecule has 1 aliphatic rings. The largest absolute Gasteiger partial charge is 0.454 e. The Kier molecular flexibility index (Phi) is 2.91. The van der Waals surface area contributed by atoms with E-state index < -0.39 is 0 Å². The van der Waals surface area contributed by atoms with Crippen molar-refractivity contribution >= 4 is 0 Å². The third kappa shape index (κ3) is 2.06. The molecule has 1 aromatic heterocycles. The van der Waals surface area contributed by atoms with Crippen LogP contribution in [0.25, 0.3) is 11.3 Å². The number of nitrogens with two attached hydrogens (primary N) is 1. The normalized spacial score (nSPS) is 13.0. The lowest BCUT2D eigenvalue weighted by Crippen LogP contribution is -2.04. The van der Waals surface area contributed by atoms with Crippen LogP contribution in [0.15, 0.2) is 12.1 Å². The molecule has 0 fully saturated rings. The van der Waals surface area contributed by atoms with E-state index in [0.29, 0.717) is 6.54 Å². The van der Waals surface area contributed by atoms with Crippen LogP contribution in [-0.4, -0.2) is 23.3 Å². The molecule has 0 spiro atoms. The second-order valence-electron chi connectivity index (χ2n) is 4.71. The molecule has 3 N–H and O–H groups in total. The molecule has 1 aliphatic heterocycles. The first-order valence-electron chi connectivity index (χ1n) is 6.35. The van der Waals surface area contributed by atoms with Crippen molar-refractivity contribution in [2.75, 3.05) is 13.3 Å². The van der Waals surface area contributed by atoms with Gasteiger partial charge < -0.3 is 20.2 Å². The summed E-state index contributed by atoms with van der Waals surface area (Å²) in [6.07, 6.45) is 0.782. The van der Waals surface area contributed by atoms with E-state index in [9.17, 15) is 0 Å². The van der Waals surface area contributed by atoms with Gasteiger partial charge in [-0.25, -0.2) is 4.98 Å². The van der Waals surface area contributed by atoms with Gasteiger partial charge in [0.25, 0.3) is 0 Å². The fraction of sp³-hybridized carbons (Fsp3) is 0.357. The molecule has 19 heavy (non-hydrogen) atoms. The first-order valence-corrected chi connectivity index (χ1v) is 6.35. The highest BCUT2D eigenvalue weighted by Gasteiger charge is 2.19. The van der Waals surface area contributed by atoms with Gasteiger partial charge in [-0.15, -0.1) is 0 Å². The number of ether oxygens (including phenoxy) is 2. The van der Waals surface area contributed by atoms with Crippen LogP contribution in [0.5, 0.6) is 11.5 Å². The molecule has 5 heteroatoms. The number of aryl methyl sites for hydroxylation is 2. The van der Waals surface area contributed by atoms with E-state index >= 15 is 0 Å². The number of hydrogen-bond acceptors (Lipinski definition) is 4. The zero-order valence-electron chi connectivity index (χ0n) is 11.1. The molecule has 0 amide bonds. The van der Waals surface area contributed by atoms with Crippen molar-refractivity contribution in [3.8, 4) is 22.8 Å². The minimum atomic E-state index is 0.285. The monoisotopic (exact) mass is 259 g/mol. The molecule has 3 rings (SSSR count). The third-order valence-corrected chi connectivity index (χ3v) is 3.27. The Morgan fingerprint density at radius 3 is 2.74 bits per heavy atom. The van der Waals surface area contributed by atoms with E-state index in [1.807, 2.05) is 26.0 Å². The number of imidazole rings is 1. The minimum absolute atomic E-state index is 0.285. The smallest absolute Gasteiger partial charge is 0.231 e. The van der Waals surface area contributed by atoms with Gasteiger partial charge in [0.2, 0.25) is 6.79 Å². The maximum absolute atomic E-state index is 5.65. The lowest BCUT2D eigenvalue weighted by atomic mass is 10.0. The van der Waals surface area contributed by atoms with Gasteiger partial charge in [0.1, 0.15) is 5.82 Å². The average Bonchev–Trinajstić information content (AvgIpc) is 2.95. The van der Waals surface area contributed by atoms with Gasteiger partial charge in [-0.2, -0.15) is 0 Å². The van der Waals surface area contributed by atoms with E-state index in [1.54, 1.807) is 0 Å². The lowest BCUT2D eigenvalue weighted by Gasteiger charge is -2.07. The molecule has 0 saturated heterocycles. The highest BCUT2D eigenvalue weighted by atomic mass is 16.7. The Labute approximate surface area is 111 Å². The summed E-state index contributed by atoms with van der Waals surface area (Å²) in [5.41, 5.74) is 9.87. The van der Waals surface area contributed by atoms with Crippen LogP contribution in [-0.2, 0) is 6.42 Å². The van der Waals surface area contributed by atoms with Crippen LogP contribution < -0.4 is 15.2 Å². The molecule has 5 nitrogen and oxygen atoms in total. The van der Waals surface area contributed by atoms with Crippen LogP contribution in [0.4, 0.5) is 0 Å². The molecular weight excluding hydrogens is 242 g/mol. The predicted octanol–water partition coefficient (Wildman–Crippen LogP) is 1.92. The molecule has 0 atom stereocenters. The van der Waals surface area contributed by atoms with Gasteiger partial charge in [-0.1, -0.05) is 0 Å². The first-order chi connectivity index (χ1) is 9.19. The Bertz CT molecular complexity index is 619. The third-order valence-electron chi connectivity index (χ3n) is 3.27. The fourth-order valence-corrected chi connectivity index (χ4v) is 2.39. The van der Waals surface area contributed by atoms with Crippen molar-refractivity contribution in [2.24, 2.45) is 5.73 Å². The molecule has 0 radical (unpaired) electrons. The molecule has 0 saturated carbocycles. The standard InChI is InChI=1S/C14H17N3O2/c1-8-5-12-13(19-7-18-12)6-10(8)14-11(3-4-15)16-9(2)17-14/h5-6H,3-4,7,15H2,1-2H3,(H,16,17). The number of nitrogens with zero attached hydrogens (tertiary/aromatic N) is 1. The summed E-state index contributed by atoms with van der Waals surface area (Å²) in [5, 5.41) is 0. The molecular formula is C14H17N3O2. The Balaban J connectivity index is 2.11. The number of benzene rings is 1. The molecule has 0 bridgehead atoms. The number of hydrogen-bond donors (Lipinski definition) is 2. The Morgan fingerprint density at radius 2 is 2.00 bits per heavy atom. The lowest BCUT2D eigenvalue weighted by molar-refractivity contribution is 0.174. The van der Waals surface area contributed by atoms with Gasteiger partial charge >= 0.3 is 0 Å². The Hall–Kier alpha value is -2.01. The van der Waals surface area contributed by atoms with Gasteiger partial charge in [-0.3, -0.25) is 0 Å². The SMILES string of the molecule is Cc1nc(-c2cc3c(cc2C)OCO3)c(CCN)[nH]1. The number of rotatable bonds is 3. The number of aromatic amines is 1. The summed E-state index contributed by atoms with van der Waals surface area (Å²) in [7, 11) is 0. The predicted molar refractivity (Wildman–Crippen MR) is 72.4 cm³/mol. The van der Waals surface area contributed by atoms with E-state index in [0.717, 1.165) is 46.3 Å². The fourth-order valence-electron chi connectivity index (χ4n) is 2.39. The highest BCUT2D eigenvalue weighted by Crippen LogP contribution is 2.38. The quantitative estimate of drug-likeness (QED) is 0.883. The van der Waals surface area contributed by atoms with Crippen molar-refractivity contribution < 1.29 is 9.47 Å². The van der Waals surface area contributed by atoms with Crippen LogP contribution >= 0.6 is 0 Å². The second-order valence-corrected chi connectivity index (χ2v) is 4.71.